The Hall–Kier alpha value is -2.11. The van der Waals surface area contributed by atoms with Gasteiger partial charge in [0.2, 0.25) is 15.9 Å². The van der Waals surface area contributed by atoms with Crippen molar-refractivity contribution in [3.05, 3.63) is 23.8 Å². The normalized spacial score (nSPS) is 15.4. The van der Waals surface area contributed by atoms with Crippen molar-refractivity contribution in [1.82, 2.24) is 20.5 Å². The molecule has 0 bridgehead atoms. The van der Waals surface area contributed by atoms with E-state index in [1.807, 2.05) is 18.2 Å². The number of hydrogen-bond acceptors (Lipinski definition) is 6. The van der Waals surface area contributed by atoms with Gasteiger partial charge in [0.1, 0.15) is 0 Å². The van der Waals surface area contributed by atoms with Gasteiger partial charge in [-0.3, -0.25) is 15.6 Å². The van der Waals surface area contributed by atoms with Crippen molar-refractivity contribution in [3.63, 3.8) is 0 Å². The monoisotopic (exact) mass is 444 g/mol. The summed E-state index contributed by atoms with van der Waals surface area (Å²) in [4.78, 5) is 12.2. The molecule has 1 heterocycles. The van der Waals surface area contributed by atoms with E-state index < -0.39 is 10.0 Å². The molecular formula is C18H28N4O5S2. The quantitative estimate of drug-likeness (QED) is 0.410. The van der Waals surface area contributed by atoms with Gasteiger partial charge in [0.15, 0.2) is 16.6 Å². The average molecular weight is 445 g/mol. The first kappa shape index (κ1) is 23.2. The molecule has 1 fully saturated rings. The molecule has 1 aliphatic rings. The summed E-state index contributed by atoms with van der Waals surface area (Å²) < 4.78 is 34.9. The number of carbonyl (C=O) groups is 1. The van der Waals surface area contributed by atoms with Gasteiger partial charge in [-0.15, -0.1) is 0 Å². The van der Waals surface area contributed by atoms with E-state index in [4.69, 9.17) is 21.7 Å². The number of thiocarbonyl (C=S) groups is 1. The zero-order chi connectivity index (χ0) is 21.4. The van der Waals surface area contributed by atoms with E-state index in [0.717, 1.165) is 5.56 Å². The molecule has 0 saturated carbocycles. The number of methoxy groups -OCH3 is 2. The average Bonchev–Trinajstić information content (AvgIpc) is 2.71. The van der Waals surface area contributed by atoms with Gasteiger partial charge in [0.25, 0.3) is 0 Å². The lowest BCUT2D eigenvalue weighted by Gasteiger charge is -2.29. The minimum Gasteiger partial charge on any atom is -0.493 e. The summed E-state index contributed by atoms with van der Waals surface area (Å²) in [5, 5.41) is 3.34. The second-order valence-electron chi connectivity index (χ2n) is 6.75. The van der Waals surface area contributed by atoms with Crippen molar-refractivity contribution in [1.29, 1.82) is 0 Å². The van der Waals surface area contributed by atoms with Gasteiger partial charge in [-0.1, -0.05) is 6.07 Å². The lowest BCUT2D eigenvalue weighted by atomic mass is 9.98. The number of hydrogen-bond donors (Lipinski definition) is 3. The number of sulfonamides is 1. The van der Waals surface area contributed by atoms with E-state index in [2.05, 4.69) is 16.2 Å². The van der Waals surface area contributed by atoms with Crippen LogP contribution in [0.4, 0.5) is 0 Å². The van der Waals surface area contributed by atoms with Crippen molar-refractivity contribution in [3.8, 4) is 11.5 Å². The molecular weight excluding hydrogens is 416 g/mol. The van der Waals surface area contributed by atoms with Crippen LogP contribution in [0.3, 0.4) is 0 Å². The summed E-state index contributed by atoms with van der Waals surface area (Å²) in [6, 6.07) is 5.70. The van der Waals surface area contributed by atoms with Gasteiger partial charge in [-0.05, 0) is 49.2 Å². The first-order valence-electron chi connectivity index (χ1n) is 9.24. The van der Waals surface area contributed by atoms with Gasteiger partial charge in [-0.2, -0.15) is 0 Å². The molecule has 2 rings (SSSR count). The van der Waals surface area contributed by atoms with Crippen LogP contribution in [0.15, 0.2) is 18.2 Å². The van der Waals surface area contributed by atoms with E-state index in [-0.39, 0.29) is 11.8 Å². The van der Waals surface area contributed by atoms with E-state index >= 15 is 0 Å². The summed E-state index contributed by atoms with van der Waals surface area (Å²) in [6.07, 6.45) is 2.86. The second-order valence-corrected chi connectivity index (χ2v) is 9.14. The molecule has 0 aromatic heterocycles. The lowest BCUT2D eigenvalue weighted by molar-refractivity contribution is -0.126. The Labute approximate surface area is 177 Å². The van der Waals surface area contributed by atoms with Crippen LogP contribution in [0.1, 0.15) is 18.4 Å². The van der Waals surface area contributed by atoms with Crippen LogP contribution >= 0.6 is 12.2 Å². The van der Waals surface area contributed by atoms with E-state index in [1.54, 1.807) is 14.2 Å². The Bertz CT molecular complexity index is 824. The highest BCUT2D eigenvalue weighted by molar-refractivity contribution is 7.88. The molecule has 1 amide bonds. The van der Waals surface area contributed by atoms with E-state index in [1.165, 1.54) is 10.6 Å². The maximum Gasteiger partial charge on any atom is 0.241 e. The molecule has 0 radical (unpaired) electrons. The highest BCUT2D eigenvalue weighted by Crippen LogP contribution is 2.27. The Kier molecular flexibility index (Phi) is 8.47. The molecule has 162 valence electrons. The standard InChI is InChI=1S/C18H28N4O5S2/c1-26-15-5-4-13(12-16(15)27-2)6-9-19-18(28)21-20-17(23)14-7-10-22(11-8-14)29(3,24)25/h4-5,12,14H,6-11H2,1-3H3,(H,20,23)(H2,19,21,28). The van der Waals surface area contributed by atoms with Crippen molar-refractivity contribution < 1.29 is 22.7 Å². The third kappa shape index (κ3) is 7.02. The number of rotatable bonds is 7. The minimum absolute atomic E-state index is 0.192. The summed E-state index contributed by atoms with van der Waals surface area (Å²) in [5.74, 6) is 0.906. The third-order valence-corrected chi connectivity index (χ3v) is 6.29. The smallest absolute Gasteiger partial charge is 0.241 e. The number of carbonyl (C=O) groups excluding carboxylic acids is 1. The molecule has 1 aromatic rings. The summed E-state index contributed by atoms with van der Waals surface area (Å²) in [6.45, 7) is 1.28. The lowest BCUT2D eigenvalue weighted by Crippen LogP contribution is -2.50. The zero-order valence-corrected chi connectivity index (χ0v) is 18.5. The van der Waals surface area contributed by atoms with Crippen molar-refractivity contribution in [2.45, 2.75) is 19.3 Å². The number of amides is 1. The van der Waals surface area contributed by atoms with E-state index in [9.17, 15) is 13.2 Å². The van der Waals surface area contributed by atoms with Crippen LogP contribution in [-0.2, 0) is 21.2 Å². The topological polar surface area (TPSA) is 109 Å². The number of piperidine rings is 1. The number of hydrazine groups is 1. The number of nitrogens with zero attached hydrogens (tertiary/aromatic N) is 1. The van der Waals surface area contributed by atoms with Gasteiger partial charge in [-0.25, -0.2) is 12.7 Å². The molecule has 1 aromatic carbocycles. The molecule has 0 unspecified atom stereocenters. The molecule has 0 spiro atoms. The molecule has 29 heavy (non-hydrogen) atoms. The van der Waals surface area contributed by atoms with Crippen LogP contribution in [0, 0.1) is 5.92 Å². The fourth-order valence-electron chi connectivity index (χ4n) is 3.07. The minimum atomic E-state index is -3.20. The van der Waals surface area contributed by atoms with Crippen LogP contribution in [0.5, 0.6) is 11.5 Å². The summed E-state index contributed by atoms with van der Waals surface area (Å²) in [5.41, 5.74) is 6.34. The first-order valence-corrected chi connectivity index (χ1v) is 11.5. The SMILES string of the molecule is COc1ccc(CCNC(=S)NNC(=O)C2CCN(S(C)(=O)=O)CC2)cc1OC. The van der Waals surface area contributed by atoms with Gasteiger partial charge < -0.3 is 14.8 Å². The number of nitrogens with one attached hydrogen (secondary N) is 3. The maximum atomic E-state index is 12.2. The molecule has 9 nitrogen and oxygen atoms in total. The predicted octanol–water partition coefficient (Wildman–Crippen LogP) is 0.413. The van der Waals surface area contributed by atoms with Crippen LogP contribution < -0.4 is 25.6 Å². The van der Waals surface area contributed by atoms with Crippen molar-refractivity contribution in [2.75, 3.05) is 40.1 Å². The molecule has 0 atom stereocenters. The zero-order valence-electron chi connectivity index (χ0n) is 16.9. The molecule has 11 heteroatoms. The number of ether oxygens (including phenoxy) is 2. The van der Waals surface area contributed by atoms with Gasteiger partial charge in [0, 0.05) is 25.6 Å². The largest absolute Gasteiger partial charge is 0.493 e. The molecule has 1 saturated heterocycles. The molecule has 0 aliphatic carbocycles. The van der Waals surface area contributed by atoms with Crippen molar-refractivity contribution >= 4 is 33.3 Å². The third-order valence-electron chi connectivity index (χ3n) is 4.74. The van der Waals surface area contributed by atoms with Crippen LogP contribution in [0.25, 0.3) is 0 Å². The summed E-state index contributed by atoms with van der Waals surface area (Å²) >= 11 is 5.18. The fraction of sp³-hybridized carbons (Fsp3) is 0.556. The molecule has 1 aliphatic heterocycles. The molecule has 3 N–H and O–H groups in total. The summed E-state index contributed by atoms with van der Waals surface area (Å²) in [7, 11) is -0.0224. The predicted molar refractivity (Wildman–Crippen MR) is 114 cm³/mol. The Morgan fingerprint density at radius 2 is 1.83 bits per heavy atom. The van der Waals surface area contributed by atoms with Gasteiger partial charge in [0.05, 0.1) is 20.5 Å². The first-order chi connectivity index (χ1) is 13.7. The van der Waals surface area contributed by atoms with Crippen LogP contribution in [0.2, 0.25) is 0 Å². The number of benzene rings is 1. The maximum absolute atomic E-state index is 12.2. The van der Waals surface area contributed by atoms with Gasteiger partial charge >= 0.3 is 0 Å². The Morgan fingerprint density at radius 1 is 1.17 bits per heavy atom. The fourth-order valence-corrected chi connectivity index (χ4v) is 4.10. The van der Waals surface area contributed by atoms with Crippen molar-refractivity contribution in [2.24, 2.45) is 5.92 Å². The van der Waals surface area contributed by atoms with E-state index in [0.29, 0.717) is 55.5 Å². The van der Waals surface area contributed by atoms with Crippen LogP contribution in [-0.4, -0.2) is 63.9 Å². The highest BCUT2D eigenvalue weighted by Gasteiger charge is 2.28. The second kappa shape index (κ2) is 10.6. The Balaban J connectivity index is 1.69. The highest BCUT2D eigenvalue weighted by atomic mass is 32.2. The Morgan fingerprint density at radius 3 is 2.41 bits per heavy atom.